The highest BCUT2D eigenvalue weighted by Gasteiger charge is 2.10. The van der Waals surface area contributed by atoms with E-state index in [1.54, 1.807) is 13.2 Å². The van der Waals surface area contributed by atoms with E-state index in [4.69, 9.17) is 19.9 Å². The lowest BCUT2D eigenvalue weighted by Crippen LogP contribution is -2.11. The highest BCUT2D eigenvalue weighted by atomic mass is 16.6. The topological polar surface area (TPSA) is 96.8 Å². The summed E-state index contributed by atoms with van der Waals surface area (Å²) in [6.07, 6.45) is 0. The van der Waals surface area contributed by atoms with E-state index >= 15 is 0 Å². The Morgan fingerprint density at radius 2 is 2.00 bits per heavy atom. The summed E-state index contributed by atoms with van der Waals surface area (Å²) in [7, 11) is 1.60. The first-order valence-corrected chi connectivity index (χ1v) is 5.86. The maximum absolute atomic E-state index is 10.6. The van der Waals surface area contributed by atoms with Crippen molar-refractivity contribution in [1.82, 2.24) is 0 Å². The molecule has 19 heavy (non-hydrogen) atoms. The Morgan fingerprint density at radius 3 is 2.63 bits per heavy atom. The number of hydrogen-bond acceptors (Lipinski definition) is 6. The average molecular weight is 270 g/mol. The predicted octanol–water partition coefficient (Wildman–Crippen LogP) is 1.10. The molecule has 0 spiro atoms. The summed E-state index contributed by atoms with van der Waals surface area (Å²) >= 11 is 0. The Hall–Kier alpha value is -1.70. The molecule has 0 aliphatic rings. The number of methoxy groups -OCH3 is 1. The van der Waals surface area contributed by atoms with Gasteiger partial charge < -0.3 is 19.9 Å². The quantitative estimate of drug-likeness (QED) is 0.410. The average Bonchev–Trinajstić information content (AvgIpc) is 2.42. The zero-order valence-electron chi connectivity index (χ0n) is 10.8. The largest absolute Gasteiger partial charge is 0.491 e. The van der Waals surface area contributed by atoms with Crippen LogP contribution in [0.4, 0.5) is 5.69 Å². The molecule has 0 atom stereocenters. The van der Waals surface area contributed by atoms with E-state index in [9.17, 15) is 10.1 Å². The number of nitrogens with two attached hydrogens (primary N) is 1. The fourth-order valence-corrected chi connectivity index (χ4v) is 1.43. The van der Waals surface area contributed by atoms with Crippen LogP contribution in [0.15, 0.2) is 18.2 Å². The van der Waals surface area contributed by atoms with Gasteiger partial charge in [0.1, 0.15) is 12.4 Å². The summed E-state index contributed by atoms with van der Waals surface area (Å²) in [6.45, 7) is 2.00. The molecule has 0 heterocycles. The molecule has 0 unspecified atom stereocenters. The molecule has 0 fully saturated rings. The minimum Gasteiger partial charge on any atom is -0.491 e. The second kappa shape index (κ2) is 8.41. The molecule has 0 amide bonds. The zero-order valence-corrected chi connectivity index (χ0v) is 10.8. The second-order valence-corrected chi connectivity index (χ2v) is 3.71. The van der Waals surface area contributed by atoms with Crippen molar-refractivity contribution in [3.05, 3.63) is 33.9 Å². The molecule has 0 bridgehead atoms. The summed E-state index contributed by atoms with van der Waals surface area (Å²) in [5, 5.41) is 10.6. The monoisotopic (exact) mass is 270 g/mol. The molecule has 1 aromatic rings. The highest BCUT2D eigenvalue weighted by molar-refractivity contribution is 5.43. The molecule has 2 N–H and O–H groups in total. The van der Waals surface area contributed by atoms with Gasteiger partial charge in [-0.1, -0.05) is 0 Å². The summed E-state index contributed by atoms with van der Waals surface area (Å²) in [5.41, 5.74) is 6.15. The van der Waals surface area contributed by atoms with Crippen molar-refractivity contribution in [3.8, 4) is 5.75 Å². The van der Waals surface area contributed by atoms with E-state index < -0.39 is 4.92 Å². The Morgan fingerprint density at radius 1 is 1.26 bits per heavy atom. The van der Waals surface area contributed by atoms with Crippen molar-refractivity contribution in [1.29, 1.82) is 0 Å². The number of benzene rings is 1. The number of nitro groups is 1. The van der Waals surface area contributed by atoms with Gasteiger partial charge in [0.05, 0.1) is 24.7 Å². The molecule has 0 saturated heterocycles. The Labute approximate surface area is 111 Å². The molecular weight excluding hydrogens is 252 g/mol. The van der Waals surface area contributed by atoms with Gasteiger partial charge in [-0.15, -0.1) is 0 Å². The molecule has 7 nitrogen and oxygen atoms in total. The van der Waals surface area contributed by atoms with Crippen molar-refractivity contribution >= 4 is 5.69 Å². The molecule has 0 saturated carbocycles. The lowest BCUT2D eigenvalue weighted by molar-refractivity contribution is -0.384. The van der Waals surface area contributed by atoms with Crippen LogP contribution in [0.5, 0.6) is 5.75 Å². The minimum atomic E-state index is -0.462. The van der Waals surface area contributed by atoms with Gasteiger partial charge in [0, 0.05) is 31.4 Å². The van der Waals surface area contributed by atoms with Crippen LogP contribution in [-0.4, -0.2) is 38.5 Å². The van der Waals surface area contributed by atoms with Crippen LogP contribution in [0.25, 0.3) is 0 Å². The third kappa shape index (κ3) is 5.21. The number of hydrogen-bond donors (Lipinski definition) is 1. The molecule has 0 aliphatic heterocycles. The maximum atomic E-state index is 10.6. The Bertz CT molecular complexity index is 411. The van der Waals surface area contributed by atoms with E-state index in [2.05, 4.69) is 0 Å². The van der Waals surface area contributed by atoms with E-state index in [0.29, 0.717) is 37.7 Å². The van der Waals surface area contributed by atoms with Gasteiger partial charge in [-0.3, -0.25) is 10.1 Å². The van der Waals surface area contributed by atoms with Crippen molar-refractivity contribution in [2.75, 3.05) is 33.5 Å². The lowest BCUT2D eigenvalue weighted by Gasteiger charge is -2.10. The molecule has 106 valence electrons. The highest BCUT2D eigenvalue weighted by Crippen LogP contribution is 2.23. The third-order valence-corrected chi connectivity index (χ3v) is 2.39. The number of rotatable bonds is 9. The Kier molecular flexibility index (Phi) is 6.80. The minimum absolute atomic E-state index is 0.00384. The summed E-state index contributed by atoms with van der Waals surface area (Å²) in [4.78, 5) is 10.2. The van der Waals surface area contributed by atoms with Crippen LogP contribution in [0, 0.1) is 10.1 Å². The fraction of sp³-hybridized carbons (Fsp3) is 0.500. The number of nitrogens with zero attached hydrogens (tertiary/aromatic N) is 1. The van der Waals surface area contributed by atoms with Gasteiger partial charge in [0.25, 0.3) is 5.69 Å². The first-order chi connectivity index (χ1) is 9.19. The molecule has 1 rings (SSSR count). The van der Waals surface area contributed by atoms with Gasteiger partial charge in [0.15, 0.2) is 0 Å². The van der Waals surface area contributed by atoms with Crippen LogP contribution in [0.3, 0.4) is 0 Å². The molecule has 0 radical (unpaired) electrons. The van der Waals surface area contributed by atoms with Gasteiger partial charge in [-0.2, -0.15) is 0 Å². The van der Waals surface area contributed by atoms with E-state index in [-0.39, 0.29) is 12.2 Å². The molecule has 7 heteroatoms. The standard InChI is InChI=1S/C12H18N2O5/c1-17-4-5-18-6-7-19-12-3-2-11(14(15)16)8-10(12)9-13/h2-3,8H,4-7,9,13H2,1H3. The fourth-order valence-electron chi connectivity index (χ4n) is 1.43. The number of ether oxygens (including phenoxy) is 3. The molecule has 0 aliphatic carbocycles. The zero-order chi connectivity index (χ0) is 14.1. The summed E-state index contributed by atoms with van der Waals surface area (Å²) < 4.78 is 15.5. The first kappa shape index (κ1) is 15.4. The summed E-state index contributed by atoms with van der Waals surface area (Å²) in [6, 6.07) is 4.36. The van der Waals surface area contributed by atoms with Crippen LogP contribution in [-0.2, 0) is 16.0 Å². The smallest absolute Gasteiger partial charge is 0.270 e. The van der Waals surface area contributed by atoms with E-state index in [1.807, 2.05) is 0 Å². The number of non-ortho nitro benzene ring substituents is 1. The van der Waals surface area contributed by atoms with Crippen LogP contribution < -0.4 is 10.5 Å². The van der Waals surface area contributed by atoms with Gasteiger partial charge in [-0.05, 0) is 6.07 Å². The normalized spacial score (nSPS) is 10.4. The van der Waals surface area contributed by atoms with Crippen LogP contribution in [0.1, 0.15) is 5.56 Å². The second-order valence-electron chi connectivity index (χ2n) is 3.71. The van der Waals surface area contributed by atoms with Gasteiger partial charge in [-0.25, -0.2) is 0 Å². The van der Waals surface area contributed by atoms with E-state index in [0.717, 1.165) is 0 Å². The van der Waals surface area contributed by atoms with Crippen LogP contribution in [0.2, 0.25) is 0 Å². The number of nitro benzene ring substituents is 1. The SMILES string of the molecule is COCCOCCOc1ccc([N+](=O)[O-])cc1CN. The molecular formula is C12H18N2O5. The lowest BCUT2D eigenvalue weighted by atomic mass is 10.2. The van der Waals surface area contributed by atoms with Crippen molar-refractivity contribution < 1.29 is 19.1 Å². The maximum Gasteiger partial charge on any atom is 0.270 e. The molecule has 1 aromatic carbocycles. The third-order valence-electron chi connectivity index (χ3n) is 2.39. The Balaban J connectivity index is 2.47. The van der Waals surface area contributed by atoms with Crippen LogP contribution >= 0.6 is 0 Å². The summed E-state index contributed by atoms with van der Waals surface area (Å²) in [5.74, 6) is 0.545. The first-order valence-electron chi connectivity index (χ1n) is 5.86. The van der Waals surface area contributed by atoms with Crippen molar-refractivity contribution in [3.63, 3.8) is 0 Å². The van der Waals surface area contributed by atoms with Gasteiger partial charge >= 0.3 is 0 Å². The van der Waals surface area contributed by atoms with Gasteiger partial charge in [0.2, 0.25) is 0 Å². The van der Waals surface area contributed by atoms with E-state index in [1.165, 1.54) is 12.1 Å². The predicted molar refractivity (Wildman–Crippen MR) is 69.2 cm³/mol. The van der Waals surface area contributed by atoms with Crippen molar-refractivity contribution in [2.24, 2.45) is 5.73 Å². The van der Waals surface area contributed by atoms with Crippen molar-refractivity contribution in [2.45, 2.75) is 6.54 Å². The molecule has 0 aromatic heterocycles.